The predicted molar refractivity (Wildman–Crippen MR) is 76.0 cm³/mol. The minimum absolute atomic E-state index is 0.286. The van der Waals surface area contributed by atoms with Gasteiger partial charge in [0.25, 0.3) is 0 Å². The zero-order chi connectivity index (χ0) is 13.9. The van der Waals surface area contributed by atoms with E-state index in [1.165, 1.54) is 0 Å². The van der Waals surface area contributed by atoms with Crippen LogP contribution in [0.4, 0.5) is 0 Å². The molecule has 0 saturated heterocycles. The average Bonchev–Trinajstić information content (AvgIpc) is 2.93. The predicted octanol–water partition coefficient (Wildman–Crippen LogP) is 2.76. The third-order valence-corrected chi connectivity index (χ3v) is 3.33. The fraction of sp³-hybridized carbons (Fsp3) is 0.250. The molecule has 2 aromatic carbocycles. The van der Waals surface area contributed by atoms with Crippen molar-refractivity contribution in [2.75, 3.05) is 6.79 Å². The molecule has 0 amide bonds. The van der Waals surface area contributed by atoms with Gasteiger partial charge in [0.05, 0.1) is 0 Å². The van der Waals surface area contributed by atoms with Gasteiger partial charge in [-0.1, -0.05) is 24.3 Å². The van der Waals surface area contributed by atoms with Gasteiger partial charge in [0.15, 0.2) is 11.5 Å². The maximum atomic E-state index is 5.93. The SMILES string of the molecule is Cc1cccc(CN)c1OCc1ccc2c(c1)OCO2. The molecule has 1 heterocycles. The molecule has 0 aromatic heterocycles. The molecule has 3 rings (SSSR count). The molecule has 2 aromatic rings. The van der Waals surface area contributed by atoms with Crippen LogP contribution in [-0.4, -0.2) is 6.79 Å². The summed E-state index contributed by atoms with van der Waals surface area (Å²) < 4.78 is 16.6. The van der Waals surface area contributed by atoms with Crippen molar-refractivity contribution < 1.29 is 14.2 Å². The normalized spacial score (nSPS) is 12.5. The van der Waals surface area contributed by atoms with Crippen molar-refractivity contribution in [3.05, 3.63) is 53.1 Å². The summed E-state index contributed by atoms with van der Waals surface area (Å²) in [6.07, 6.45) is 0. The van der Waals surface area contributed by atoms with Crippen LogP contribution >= 0.6 is 0 Å². The highest BCUT2D eigenvalue weighted by molar-refractivity contribution is 5.45. The largest absolute Gasteiger partial charge is 0.488 e. The van der Waals surface area contributed by atoms with Crippen molar-refractivity contribution in [1.29, 1.82) is 0 Å². The van der Waals surface area contributed by atoms with E-state index in [1.54, 1.807) is 0 Å². The number of benzene rings is 2. The molecule has 0 saturated carbocycles. The van der Waals surface area contributed by atoms with E-state index in [9.17, 15) is 0 Å². The van der Waals surface area contributed by atoms with Gasteiger partial charge in [-0.2, -0.15) is 0 Å². The van der Waals surface area contributed by atoms with Crippen LogP contribution in [0.2, 0.25) is 0 Å². The molecule has 0 bridgehead atoms. The third-order valence-electron chi connectivity index (χ3n) is 3.33. The Labute approximate surface area is 118 Å². The zero-order valence-corrected chi connectivity index (χ0v) is 11.4. The Hall–Kier alpha value is -2.20. The van der Waals surface area contributed by atoms with E-state index in [2.05, 4.69) is 0 Å². The van der Waals surface area contributed by atoms with Gasteiger partial charge in [-0.05, 0) is 30.2 Å². The van der Waals surface area contributed by atoms with Crippen LogP contribution in [0.25, 0.3) is 0 Å². The highest BCUT2D eigenvalue weighted by Crippen LogP contribution is 2.33. The quantitative estimate of drug-likeness (QED) is 0.929. The molecule has 0 radical (unpaired) electrons. The molecule has 0 unspecified atom stereocenters. The first-order valence-electron chi connectivity index (χ1n) is 6.58. The van der Waals surface area contributed by atoms with Gasteiger partial charge in [-0.25, -0.2) is 0 Å². The molecule has 1 aliphatic heterocycles. The number of nitrogens with two attached hydrogens (primary N) is 1. The van der Waals surface area contributed by atoms with E-state index in [0.717, 1.165) is 33.9 Å². The van der Waals surface area contributed by atoms with E-state index < -0.39 is 0 Å². The van der Waals surface area contributed by atoms with Crippen LogP contribution in [0.3, 0.4) is 0 Å². The summed E-state index contributed by atoms with van der Waals surface area (Å²) in [6.45, 7) is 3.26. The van der Waals surface area contributed by atoms with Gasteiger partial charge in [0.1, 0.15) is 12.4 Å². The van der Waals surface area contributed by atoms with E-state index in [4.69, 9.17) is 19.9 Å². The van der Waals surface area contributed by atoms with E-state index in [0.29, 0.717) is 13.2 Å². The summed E-state index contributed by atoms with van der Waals surface area (Å²) in [5.74, 6) is 2.43. The van der Waals surface area contributed by atoms with Gasteiger partial charge in [0, 0.05) is 12.1 Å². The first-order chi connectivity index (χ1) is 9.78. The number of hydrogen-bond acceptors (Lipinski definition) is 4. The second-order valence-corrected chi connectivity index (χ2v) is 4.74. The number of rotatable bonds is 4. The van der Waals surface area contributed by atoms with Gasteiger partial charge in [0.2, 0.25) is 6.79 Å². The van der Waals surface area contributed by atoms with Crippen LogP contribution in [0.5, 0.6) is 17.2 Å². The topological polar surface area (TPSA) is 53.7 Å². The first-order valence-corrected chi connectivity index (χ1v) is 6.58. The molecule has 0 fully saturated rings. The summed E-state index contributed by atoms with van der Waals surface area (Å²) in [5, 5.41) is 0. The van der Waals surface area contributed by atoms with Crippen LogP contribution in [0.1, 0.15) is 16.7 Å². The fourth-order valence-electron chi connectivity index (χ4n) is 2.27. The highest BCUT2D eigenvalue weighted by Gasteiger charge is 2.13. The van der Waals surface area contributed by atoms with Gasteiger partial charge < -0.3 is 19.9 Å². The standard InChI is InChI=1S/C16H17NO3/c1-11-3-2-4-13(8-17)16(11)18-9-12-5-6-14-15(7-12)20-10-19-14/h2-7H,8-10,17H2,1H3. The molecule has 20 heavy (non-hydrogen) atoms. The molecule has 1 aliphatic rings. The molecule has 2 N–H and O–H groups in total. The summed E-state index contributed by atoms with van der Waals surface area (Å²) in [5.41, 5.74) is 8.90. The third kappa shape index (κ3) is 2.42. The van der Waals surface area contributed by atoms with E-state index in [-0.39, 0.29) is 6.79 Å². The average molecular weight is 271 g/mol. The lowest BCUT2D eigenvalue weighted by molar-refractivity contribution is 0.174. The maximum absolute atomic E-state index is 5.93. The van der Waals surface area contributed by atoms with E-state index >= 15 is 0 Å². The van der Waals surface area contributed by atoms with Crippen LogP contribution in [0, 0.1) is 6.92 Å². The highest BCUT2D eigenvalue weighted by atomic mass is 16.7. The molecule has 4 heteroatoms. The lowest BCUT2D eigenvalue weighted by Crippen LogP contribution is -2.04. The first kappa shape index (κ1) is 12.8. The maximum Gasteiger partial charge on any atom is 0.231 e. The molecule has 0 aliphatic carbocycles. The Bertz CT molecular complexity index is 625. The molecule has 0 spiro atoms. The lowest BCUT2D eigenvalue weighted by atomic mass is 10.1. The van der Waals surface area contributed by atoms with Crippen LogP contribution < -0.4 is 19.9 Å². The number of aryl methyl sites for hydroxylation is 1. The smallest absolute Gasteiger partial charge is 0.231 e. The lowest BCUT2D eigenvalue weighted by Gasteiger charge is -2.13. The Kier molecular flexibility index (Phi) is 3.48. The minimum Gasteiger partial charge on any atom is -0.488 e. The van der Waals surface area contributed by atoms with Crippen LogP contribution in [-0.2, 0) is 13.2 Å². The van der Waals surface area contributed by atoms with Crippen molar-refractivity contribution in [3.8, 4) is 17.2 Å². The minimum atomic E-state index is 0.286. The van der Waals surface area contributed by atoms with Crippen molar-refractivity contribution in [1.82, 2.24) is 0 Å². The van der Waals surface area contributed by atoms with Crippen molar-refractivity contribution in [2.45, 2.75) is 20.1 Å². The molecular formula is C16H17NO3. The fourth-order valence-corrected chi connectivity index (χ4v) is 2.27. The van der Waals surface area contributed by atoms with Gasteiger partial charge in [-0.3, -0.25) is 0 Å². The Morgan fingerprint density at radius 2 is 2.00 bits per heavy atom. The van der Waals surface area contributed by atoms with Gasteiger partial charge in [-0.15, -0.1) is 0 Å². The Morgan fingerprint density at radius 1 is 1.15 bits per heavy atom. The van der Waals surface area contributed by atoms with Crippen LogP contribution in [0.15, 0.2) is 36.4 Å². The Morgan fingerprint density at radius 3 is 2.85 bits per heavy atom. The van der Waals surface area contributed by atoms with Crippen molar-refractivity contribution in [2.24, 2.45) is 5.73 Å². The van der Waals surface area contributed by atoms with Gasteiger partial charge >= 0.3 is 0 Å². The van der Waals surface area contributed by atoms with Crippen molar-refractivity contribution in [3.63, 3.8) is 0 Å². The molecule has 104 valence electrons. The number of para-hydroxylation sites is 1. The number of fused-ring (bicyclic) bond motifs is 1. The number of ether oxygens (including phenoxy) is 3. The Balaban J connectivity index is 1.77. The molecule has 4 nitrogen and oxygen atoms in total. The monoisotopic (exact) mass is 271 g/mol. The second kappa shape index (κ2) is 5.43. The van der Waals surface area contributed by atoms with E-state index in [1.807, 2.05) is 43.3 Å². The van der Waals surface area contributed by atoms with Crippen molar-refractivity contribution >= 4 is 0 Å². The number of hydrogen-bond donors (Lipinski definition) is 1. The molecular weight excluding hydrogens is 254 g/mol. The molecule has 0 atom stereocenters. The zero-order valence-electron chi connectivity index (χ0n) is 11.4. The summed E-state index contributed by atoms with van der Waals surface area (Å²) >= 11 is 0. The summed E-state index contributed by atoms with van der Waals surface area (Å²) in [4.78, 5) is 0. The summed E-state index contributed by atoms with van der Waals surface area (Å²) in [7, 11) is 0. The second-order valence-electron chi connectivity index (χ2n) is 4.74. The summed E-state index contributed by atoms with van der Waals surface area (Å²) in [6, 6.07) is 11.8.